The zero-order chi connectivity index (χ0) is 57.5. The fraction of sp³-hybridized carbons (Fsp3) is 0.500. The van der Waals surface area contributed by atoms with Gasteiger partial charge in [0.2, 0.25) is 29.5 Å². The van der Waals surface area contributed by atoms with Crippen molar-refractivity contribution in [2.45, 2.75) is 97.9 Å². The van der Waals surface area contributed by atoms with Gasteiger partial charge in [-0.2, -0.15) is 0 Å². The Morgan fingerprint density at radius 1 is 0.797 bits per heavy atom. The molecule has 1 aromatic heterocycles. The number of aliphatic hydroxyl groups is 2. The second-order valence-electron chi connectivity index (χ2n) is 20.6. The molecule has 5 atom stereocenters. The van der Waals surface area contributed by atoms with E-state index in [0.29, 0.717) is 75.8 Å². The maximum Gasteiger partial charge on any atom is 0.248 e. The molecule has 0 saturated heterocycles. The molecule has 1 aliphatic rings. The summed E-state index contributed by atoms with van der Waals surface area (Å²) in [4.78, 5) is 66.4. The Morgan fingerprint density at radius 3 is 2.05 bits per heavy atom. The molecule has 0 fully saturated rings. The monoisotopic (exact) mass is 1100 g/mol. The van der Waals surface area contributed by atoms with Crippen LogP contribution < -0.4 is 27.0 Å². The van der Waals surface area contributed by atoms with E-state index in [0.717, 1.165) is 23.4 Å². The fourth-order valence-electron chi connectivity index (χ4n) is 8.89. The Hall–Kier alpha value is -6.43. The first kappa shape index (κ1) is 63.4. The van der Waals surface area contributed by atoms with E-state index in [1.807, 2.05) is 52.1 Å². The number of amides is 5. The van der Waals surface area contributed by atoms with Crippen LogP contribution in [0, 0.1) is 23.0 Å². The Bertz CT molecular complexity index is 2600. The van der Waals surface area contributed by atoms with Gasteiger partial charge in [-0.25, -0.2) is 8.78 Å². The highest BCUT2D eigenvalue weighted by Crippen LogP contribution is 2.44. The van der Waals surface area contributed by atoms with Gasteiger partial charge in [-0.1, -0.05) is 77.1 Å². The molecule has 2 heterocycles. The van der Waals surface area contributed by atoms with Gasteiger partial charge in [0.25, 0.3) is 0 Å². The van der Waals surface area contributed by atoms with Gasteiger partial charge >= 0.3 is 0 Å². The van der Waals surface area contributed by atoms with Crippen molar-refractivity contribution in [3.05, 3.63) is 126 Å². The van der Waals surface area contributed by atoms with Gasteiger partial charge in [-0.3, -0.25) is 28.9 Å². The third kappa shape index (κ3) is 20.3. The minimum absolute atomic E-state index is 0.00633. The number of benzene rings is 3. The minimum Gasteiger partial charge on any atom is -0.379 e. The molecule has 432 valence electrons. The Morgan fingerprint density at radius 2 is 1.44 bits per heavy atom. The molecule has 5 amide bonds. The van der Waals surface area contributed by atoms with Crippen LogP contribution in [-0.2, 0) is 49.5 Å². The lowest BCUT2D eigenvalue weighted by atomic mass is 9.82. The molecule has 2 unspecified atom stereocenters. The van der Waals surface area contributed by atoms with Crippen LogP contribution in [0.4, 0.5) is 14.5 Å². The van der Waals surface area contributed by atoms with Crippen molar-refractivity contribution < 1.29 is 61.9 Å². The van der Waals surface area contributed by atoms with Gasteiger partial charge in [0.15, 0.2) is 0 Å². The molecule has 79 heavy (non-hydrogen) atoms. The molecule has 5 rings (SSSR count). The van der Waals surface area contributed by atoms with E-state index >= 15 is 4.39 Å². The number of anilines is 1. The normalized spacial score (nSPS) is 15.1. The van der Waals surface area contributed by atoms with Gasteiger partial charge in [0.1, 0.15) is 36.2 Å². The van der Waals surface area contributed by atoms with Crippen LogP contribution in [0.15, 0.2) is 97.2 Å². The number of ether oxygens (including phenoxy) is 4. The van der Waals surface area contributed by atoms with E-state index in [2.05, 4.69) is 42.0 Å². The van der Waals surface area contributed by atoms with Crippen LogP contribution in [0.1, 0.15) is 89.9 Å². The zero-order valence-electron chi connectivity index (χ0n) is 46.3. The van der Waals surface area contributed by atoms with Crippen molar-refractivity contribution in [1.29, 1.82) is 0 Å². The smallest absolute Gasteiger partial charge is 0.248 e. The van der Waals surface area contributed by atoms with E-state index in [1.165, 1.54) is 30.0 Å². The van der Waals surface area contributed by atoms with E-state index in [9.17, 15) is 38.6 Å². The highest BCUT2D eigenvalue weighted by Gasteiger charge is 2.38. The number of nitrogens with two attached hydrogens (primary N) is 1. The van der Waals surface area contributed by atoms with Crippen LogP contribution in [0.25, 0.3) is 11.1 Å². The van der Waals surface area contributed by atoms with Gasteiger partial charge in [0, 0.05) is 73.8 Å². The maximum atomic E-state index is 15.3. The van der Waals surface area contributed by atoms with Crippen molar-refractivity contribution >= 4 is 35.2 Å². The number of hydrogen-bond acceptors (Lipinski definition) is 13. The maximum absolute atomic E-state index is 15.3. The van der Waals surface area contributed by atoms with Crippen LogP contribution >= 0.6 is 0 Å². The molecule has 21 heteroatoms. The summed E-state index contributed by atoms with van der Waals surface area (Å²) in [5.41, 5.74) is 8.89. The van der Waals surface area contributed by atoms with Gasteiger partial charge in [-0.05, 0) is 84.8 Å². The van der Waals surface area contributed by atoms with E-state index < -0.39 is 65.4 Å². The molecule has 1 aliphatic heterocycles. The molecule has 0 bridgehead atoms. The number of rotatable bonds is 34. The Labute approximate surface area is 462 Å². The van der Waals surface area contributed by atoms with Gasteiger partial charge < -0.3 is 65.6 Å². The number of aromatic nitrogens is 1. The number of carbonyl (C=O) groups excluding carboxylic acids is 5. The Kier molecular flexibility index (Phi) is 25.7. The Balaban J connectivity index is 1.04. The molecular weight excluding hydrogens is 1020 g/mol. The van der Waals surface area contributed by atoms with Crippen LogP contribution in [-0.4, -0.2) is 151 Å². The molecular formula is C58H80F2N8O11. The van der Waals surface area contributed by atoms with Crippen LogP contribution in [0.5, 0.6) is 0 Å². The van der Waals surface area contributed by atoms with Gasteiger partial charge in [-0.15, -0.1) is 0 Å². The van der Waals surface area contributed by atoms with E-state index in [1.54, 1.807) is 38.1 Å². The highest BCUT2D eigenvalue weighted by molar-refractivity contribution is 5.98. The van der Waals surface area contributed by atoms with Crippen LogP contribution in [0.3, 0.4) is 0 Å². The average molecular weight is 1100 g/mol. The fourth-order valence-corrected chi connectivity index (χ4v) is 8.89. The third-order valence-electron chi connectivity index (χ3n) is 13.0. The summed E-state index contributed by atoms with van der Waals surface area (Å²) in [6, 6.07) is 19.4. The molecule has 8 N–H and O–H groups in total. The number of carbonyl (C=O) groups is 5. The average Bonchev–Trinajstić information content (AvgIpc) is 4.06. The lowest BCUT2D eigenvalue weighted by Gasteiger charge is -2.43. The zero-order valence-corrected chi connectivity index (χ0v) is 46.3. The van der Waals surface area contributed by atoms with Crippen molar-refractivity contribution in [1.82, 2.24) is 30.3 Å². The molecule has 0 aliphatic carbocycles. The molecule has 3 aromatic carbocycles. The standard InChI is InChI=1S/C58H80F2N8O11/c1-39(2)53(65-50(70)22-27-76-29-31-78-33-34-79-32-30-77-28-24-62-49(69)21-26-67-51(71)19-20-52(67)72)56(74)63-40(3)55(73)64-45-16-13-42(14-17-45)57(75)68(25-10-23-61)54(58(4,5)6)48-35-43(46-36-44(59)15-18-47(46)60)38-66(48)37-41-11-8-7-9-12-41/h7-9,11-20,35-36,38-40,51,53-54,57,71,75H,10,21-34,37,61H2,1-6H3,(H,62,69)(H,63,74)(H,64,73)(H,65,70)/t40-,51?,53-,54-,57?/m0/s1. The summed E-state index contributed by atoms with van der Waals surface area (Å²) >= 11 is 0. The summed E-state index contributed by atoms with van der Waals surface area (Å²) in [7, 11) is 0. The molecule has 4 aromatic rings. The summed E-state index contributed by atoms with van der Waals surface area (Å²) in [6.45, 7) is 15.0. The lowest BCUT2D eigenvalue weighted by molar-refractivity contribution is -0.132. The number of halogens is 2. The predicted octanol–water partition coefficient (Wildman–Crippen LogP) is 5.17. The number of hydrogen-bond donors (Lipinski definition) is 7. The molecule has 0 saturated carbocycles. The van der Waals surface area contributed by atoms with Crippen molar-refractivity contribution in [3.63, 3.8) is 0 Å². The van der Waals surface area contributed by atoms with Crippen molar-refractivity contribution in [2.24, 2.45) is 17.1 Å². The number of nitrogens with zero attached hydrogens (tertiary/aromatic N) is 3. The molecule has 0 spiro atoms. The first-order valence-electron chi connectivity index (χ1n) is 26.9. The molecule has 19 nitrogen and oxygen atoms in total. The lowest BCUT2D eigenvalue weighted by Crippen LogP contribution is -2.53. The predicted molar refractivity (Wildman–Crippen MR) is 295 cm³/mol. The van der Waals surface area contributed by atoms with Crippen molar-refractivity contribution in [2.75, 3.05) is 84.4 Å². The van der Waals surface area contributed by atoms with Crippen molar-refractivity contribution in [3.8, 4) is 11.1 Å². The third-order valence-corrected chi connectivity index (χ3v) is 13.0. The van der Waals surface area contributed by atoms with E-state index in [-0.39, 0.29) is 69.1 Å². The first-order chi connectivity index (χ1) is 37.8. The number of aliphatic hydroxyl groups excluding tert-OH is 2. The number of nitrogens with one attached hydrogen (secondary N) is 4. The summed E-state index contributed by atoms with van der Waals surface area (Å²) < 4.78 is 53.8. The van der Waals surface area contributed by atoms with E-state index in [4.69, 9.17) is 24.7 Å². The van der Waals surface area contributed by atoms with Crippen LogP contribution in [0.2, 0.25) is 0 Å². The molecule has 0 radical (unpaired) electrons. The topological polar surface area (TPSA) is 248 Å². The summed E-state index contributed by atoms with van der Waals surface area (Å²) in [5, 5.41) is 32.9. The summed E-state index contributed by atoms with van der Waals surface area (Å²) in [6.07, 6.45) is 2.91. The second-order valence-corrected chi connectivity index (χ2v) is 20.6. The quantitative estimate of drug-likeness (QED) is 0.0236. The largest absolute Gasteiger partial charge is 0.379 e. The first-order valence-corrected chi connectivity index (χ1v) is 26.9. The summed E-state index contributed by atoms with van der Waals surface area (Å²) in [5.74, 6) is -3.44. The second kappa shape index (κ2) is 32.0. The minimum atomic E-state index is -1.15. The highest BCUT2D eigenvalue weighted by atomic mass is 19.1. The SMILES string of the molecule is CC(C)[C@H](NC(=O)CCOCCOCCOCCOCCNC(=O)CCN1C(=O)C=CC1O)C(=O)N[C@@H](C)C(=O)Nc1ccc(C(O)N(CCCN)[C@@H](c2cc(-c3cc(F)ccc3F)cn2Cc2ccccc2)C(C)(C)C)cc1. The van der Waals surface area contributed by atoms with Gasteiger partial charge in [0.05, 0.1) is 58.9 Å².